The minimum absolute atomic E-state index is 0.211. The maximum atomic E-state index is 12.9. The Labute approximate surface area is 175 Å². The van der Waals surface area contributed by atoms with Crippen molar-refractivity contribution in [2.45, 2.75) is 40.0 Å². The van der Waals surface area contributed by atoms with Crippen LogP contribution in [0.4, 0.5) is 5.00 Å². The number of carbonyl (C=O) groups is 2. The highest BCUT2D eigenvalue weighted by Crippen LogP contribution is 2.44. The summed E-state index contributed by atoms with van der Waals surface area (Å²) in [5, 5.41) is 5.63. The largest absolute Gasteiger partial charge is 0.365 e. The van der Waals surface area contributed by atoms with Gasteiger partial charge in [0.1, 0.15) is 5.00 Å². The highest BCUT2D eigenvalue weighted by molar-refractivity contribution is 7.17. The number of fused-ring (bicyclic) bond motifs is 2. The van der Waals surface area contributed by atoms with Crippen LogP contribution in [0.3, 0.4) is 0 Å². The van der Waals surface area contributed by atoms with Gasteiger partial charge >= 0.3 is 0 Å². The predicted molar refractivity (Wildman–Crippen MR) is 120 cm³/mol. The fourth-order valence-corrected chi connectivity index (χ4v) is 5.51. The average molecular weight is 407 g/mol. The second kappa shape index (κ2) is 7.30. The minimum Gasteiger partial charge on any atom is -0.365 e. The smallest absolute Gasteiger partial charge is 0.256 e. The quantitative estimate of drug-likeness (QED) is 0.611. The number of amides is 2. The zero-order valence-electron chi connectivity index (χ0n) is 17.0. The Kier molecular flexibility index (Phi) is 4.95. The van der Waals surface area contributed by atoms with Crippen molar-refractivity contribution in [3.05, 3.63) is 64.0 Å². The van der Waals surface area contributed by atoms with Gasteiger partial charge in [-0.05, 0) is 59.1 Å². The van der Waals surface area contributed by atoms with Crippen LogP contribution in [0, 0.1) is 11.3 Å². The Morgan fingerprint density at radius 2 is 1.83 bits per heavy atom. The highest BCUT2D eigenvalue weighted by atomic mass is 32.1. The molecule has 150 valence electrons. The molecule has 2 aromatic carbocycles. The number of nitrogens with two attached hydrogens (primary N) is 1. The number of nitrogens with one attached hydrogen (secondary N) is 1. The molecule has 3 N–H and O–H groups in total. The van der Waals surface area contributed by atoms with Crippen LogP contribution in [0.25, 0.3) is 10.8 Å². The topological polar surface area (TPSA) is 72.2 Å². The van der Waals surface area contributed by atoms with Gasteiger partial charge in [0.2, 0.25) is 0 Å². The first-order chi connectivity index (χ1) is 13.7. The molecule has 0 unspecified atom stereocenters. The summed E-state index contributed by atoms with van der Waals surface area (Å²) in [6, 6.07) is 13.5. The van der Waals surface area contributed by atoms with Crippen molar-refractivity contribution in [3.8, 4) is 0 Å². The molecule has 1 aliphatic rings. The van der Waals surface area contributed by atoms with E-state index in [0.717, 1.165) is 35.6 Å². The molecule has 0 spiro atoms. The Morgan fingerprint density at radius 1 is 1.10 bits per heavy atom. The van der Waals surface area contributed by atoms with Crippen molar-refractivity contribution in [1.82, 2.24) is 0 Å². The predicted octanol–water partition coefficient (Wildman–Crippen LogP) is 5.40. The molecule has 0 bridgehead atoms. The summed E-state index contributed by atoms with van der Waals surface area (Å²) in [4.78, 5) is 26.3. The molecule has 1 aliphatic carbocycles. The second-order valence-corrected chi connectivity index (χ2v) is 10.00. The number of benzene rings is 2. The first-order valence-corrected chi connectivity index (χ1v) is 10.8. The SMILES string of the molecule is CC(C)(C)[C@H]1CCc2c(sc(NC(=O)c3ccc4ccccc4c3)c2C(N)=O)C1. The number of primary amides is 1. The van der Waals surface area contributed by atoms with Crippen molar-refractivity contribution in [1.29, 1.82) is 0 Å². The van der Waals surface area contributed by atoms with Gasteiger partial charge in [0.05, 0.1) is 5.56 Å². The van der Waals surface area contributed by atoms with Gasteiger partial charge in [-0.25, -0.2) is 0 Å². The van der Waals surface area contributed by atoms with Crippen LogP contribution in [0.2, 0.25) is 0 Å². The van der Waals surface area contributed by atoms with E-state index in [2.05, 4.69) is 26.1 Å². The summed E-state index contributed by atoms with van der Waals surface area (Å²) in [5.41, 5.74) is 8.00. The van der Waals surface area contributed by atoms with Crippen LogP contribution in [0.15, 0.2) is 42.5 Å². The normalized spacial score (nSPS) is 16.4. The lowest BCUT2D eigenvalue weighted by atomic mass is 9.72. The van der Waals surface area contributed by atoms with E-state index in [4.69, 9.17) is 5.73 Å². The molecule has 0 saturated carbocycles. The number of hydrogen-bond donors (Lipinski definition) is 2. The van der Waals surface area contributed by atoms with Crippen molar-refractivity contribution in [3.63, 3.8) is 0 Å². The summed E-state index contributed by atoms with van der Waals surface area (Å²) < 4.78 is 0. The van der Waals surface area contributed by atoms with E-state index in [-0.39, 0.29) is 11.3 Å². The summed E-state index contributed by atoms with van der Waals surface area (Å²) in [5.74, 6) is -0.131. The Balaban J connectivity index is 1.65. The summed E-state index contributed by atoms with van der Waals surface area (Å²) in [6.45, 7) is 6.77. The molecule has 0 saturated heterocycles. The third kappa shape index (κ3) is 3.79. The van der Waals surface area contributed by atoms with E-state index in [9.17, 15) is 9.59 Å². The molecule has 4 rings (SSSR count). The van der Waals surface area contributed by atoms with Crippen LogP contribution in [0.5, 0.6) is 0 Å². The van der Waals surface area contributed by atoms with Gasteiger partial charge < -0.3 is 11.1 Å². The van der Waals surface area contributed by atoms with Crippen LogP contribution in [0.1, 0.15) is 58.3 Å². The third-order valence-electron chi connectivity index (χ3n) is 5.98. The molecule has 1 atom stereocenters. The van der Waals surface area contributed by atoms with Gasteiger partial charge in [0.25, 0.3) is 11.8 Å². The highest BCUT2D eigenvalue weighted by Gasteiger charge is 2.33. The van der Waals surface area contributed by atoms with E-state index in [1.807, 2.05) is 42.5 Å². The molecule has 0 aliphatic heterocycles. The molecule has 0 fully saturated rings. The van der Waals surface area contributed by atoms with Gasteiger partial charge in [0.15, 0.2) is 0 Å². The van der Waals surface area contributed by atoms with Crippen LogP contribution >= 0.6 is 11.3 Å². The van der Waals surface area contributed by atoms with E-state index in [1.165, 1.54) is 16.2 Å². The molecule has 1 heterocycles. The lowest BCUT2D eigenvalue weighted by molar-refractivity contribution is 0.1000. The first-order valence-electron chi connectivity index (χ1n) is 9.98. The van der Waals surface area contributed by atoms with E-state index < -0.39 is 5.91 Å². The molecule has 5 heteroatoms. The molecule has 2 amide bonds. The molecular weight excluding hydrogens is 380 g/mol. The third-order valence-corrected chi connectivity index (χ3v) is 7.14. The molecule has 0 radical (unpaired) electrons. The van der Waals surface area contributed by atoms with E-state index in [0.29, 0.717) is 22.0 Å². The summed E-state index contributed by atoms with van der Waals surface area (Å²) in [6.07, 6.45) is 2.79. The fourth-order valence-electron chi connectivity index (χ4n) is 4.18. The van der Waals surface area contributed by atoms with Crippen LogP contribution in [-0.4, -0.2) is 11.8 Å². The van der Waals surface area contributed by atoms with Crippen molar-refractivity contribution < 1.29 is 9.59 Å². The molecule has 3 aromatic rings. The standard InChI is InChI=1S/C24H26N2O2S/c1-24(2,3)17-10-11-18-19(13-17)29-23(20(18)21(25)27)26-22(28)16-9-8-14-6-4-5-7-15(14)12-16/h4-9,12,17H,10-11,13H2,1-3H3,(H2,25,27)(H,26,28)/t17-/m0/s1. The van der Waals surface area contributed by atoms with Gasteiger partial charge in [-0.3, -0.25) is 9.59 Å². The lowest BCUT2D eigenvalue weighted by Gasteiger charge is -2.33. The van der Waals surface area contributed by atoms with Gasteiger partial charge in [0, 0.05) is 10.4 Å². The number of anilines is 1. The maximum Gasteiger partial charge on any atom is 0.256 e. The second-order valence-electron chi connectivity index (χ2n) is 8.89. The van der Waals surface area contributed by atoms with Gasteiger partial charge in [-0.15, -0.1) is 11.3 Å². The zero-order valence-corrected chi connectivity index (χ0v) is 17.9. The summed E-state index contributed by atoms with van der Waals surface area (Å²) >= 11 is 1.50. The number of carbonyl (C=O) groups excluding carboxylic acids is 2. The van der Waals surface area contributed by atoms with Crippen molar-refractivity contribution >= 4 is 38.9 Å². The lowest BCUT2D eigenvalue weighted by Crippen LogP contribution is -2.27. The number of rotatable bonds is 3. The maximum absolute atomic E-state index is 12.9. The molecule has 1 aromatic heterocycles. The van der Waals surface area contributed by atoms with Gasteiger partial charge in [-0.2, -0.15) is 0 Å². The minimum atomic E-state index is -0.467. The fraction of sp³-hybridized carbons (Fsp3) is 0.333. The first kappa shape index (κ1) is 19.6. The van der Waals surface area contributed by atoms with Crippen LogP contribution < -0.4 is 11.1 Å². The van der Waals surface area contributed by atoms with E-state index in [1.54, 1.807) is 0 Å². The molecule has 29 heavy (non-hydrogen) atoms. The van der Waals surface area contributed by atoms with Crippen LogP contribution in [-0.2, 0) is 12.8 Å². The van der Waals surface area contributed by atoms with E-state index >= 15 is 0 Å². The van der Waals surface area contributed by atoms with Gasteiger partial charge in [-0.1, -0.05) is 51.1 Å². The van der Waals surface area contributed by atoms with Crippen molar-refractivity contribution in [2.75, 3.05) is 5.32 Å². The molecule has 4 nitrogen and oxygen atoms in total. The Morgan fingerprint density at radius 3 is 2.52 bits per heavy atom. The van der Waals surface area contributed by atoms with Crippen molar-refractivity contribution in [2.24, 2.45) is 17.1 Å². The number of hydrogen-bond acceptors (Lipinski definition) is 3. The Hall–Kier alpha value is -2.66. The Bertz CT molecular complexity index is 1110. The monoisotopic (exact) mass is 406 g/mol. The zero-order chi connectivity index (χ0) is 20.8. The summed E-state index contributed by atoms with van der Waals surface area (Å²) in [7, 11) is 0. The number of thiophene rings is 1. The molecular formula is C24H26N2O2S. The average Bonchev–Trinajstić information content (AvgIpc) is 3.04.